The van der Waals surface area contributed by atoms with Crippen LogP contribution in [0.5, 0.6) is 0 Å². The zero-order valence-corrected chi connectivity index (χ0v) is 20.6. The monoisotopic (exact) mass is 525 g/mol. The minimum absolute atomic E-state index is 0.116. The molecule has 0 saturated carbocycles. The van der Waals surface area contributed by atoms with Gasteiger partial charge in [0.15, 0.2) is 5.65 Å². The normalized spacial score (nSPS) is 15.5. The largest absolute Gasteiger partial charge is 0.352 e. The number of fused-ring (bicyclic) bond motifs is 2. The molecule has 1 saturated heterocycles. The van der Waals surface area contributed by atoms with Crippen LogP contribution in [0.15, 0.2) is 73.4 Å². The van der Waals surface area contributed by atoms with E-state index in [1.165, 1.54) is 6.07 Å². The van der Waals surface area contributed by atoms with Gasteiger partial charge in [-0.15, -0.1) is 0 Å². The van der Waals surface area contributed by atoms with Crippen LogP contribution in [0.3, 0.4) is 0 Å². The Morgan fingerprint density at radius 2 is 1.74 bits per heavy atom. The van der Waals surface area contributed by atoms with E-state index in [2.05, 4.69) is 30.1 Å². The Morgan fingerprint density at radius 1 is 0.897 bits per heavy atom. The van der Waals surface area contributed by atoms with Gasteiger partial charge in [-0.3, -0.25) is 20.0 Å². The van der Waals surface area contributed by atoms with Crippen LogP contribution in [0.25, 0.3) is 55.6 Å². The van der Waals surface area contributed by atoms with Crippen LogP contribution in [0.1, 0.15) is 12.0 Å². The topological polar surface area (TPSA) is 86.4 Å². The van der Waals surface area contributed by atoms with Crippen molar-refractivity contribution >= 4 is 21.9 Å². The van der Waals surface area contributed by atoms with Crippen LogP contribution in [-0.2, 0) is 6.54 Å². The van der Waals surface area contributed by atoms with Crippen LogP contribution < -0.4 is 0 Å². The predicted molar refractivity (Wildman–Crippen MR) is 142 cm³/mol. The fraction of sp³-hybridized carbons (Fsp3) is 0.172. The van der Waals surface area contributed by atoms with Crippen LogP contribution in [-0.4, -0.2) is 54.0 Å². The highest BCUT2D eigenvalue weighted by atomic mass is 19.3. The highest BCUT2D eigenvalue weighted by Gasteiger charge is 2.37. The van der Waals surface area contributed by atoms with E-state index in [0.29, 0.717) is 29.9 Å². The molecule has 0 atom stereocenters. The summed E-state index contributed by atoms with van der Waals surface area (Å²) in [6.07, 6.45) is 8.42. The number of rotatable bonds is 5. The maximum absolute atomic E-state index is 14.6. The van der Waals surface area contributed by atoms with E-state index < -0.39 is 5.92 Å². The van der Waals surface area contributed by atoms with E-state index in [1.807, 2.05) is 18.2 Å². The number of hydrogen-bond acceptors (Lipinski definition) is 5. The van der Waals surface area contributed by atoms with E-state index in [0.717, 1.165) is 44.4 Å². The van der Waals surface area contributed by atoms with Crippen molar-refractivity contribution in [3.8, 4) is 33.6 Å². The van der Waals surface area contributed by atoms with E-state index in [9.17, 15) is 13.2 Å². The Morgan fingerprint density at radius 3 is 2.59 bits per heavy atom. The second-order valence-corrected chi connectivity index (χ2v) is 9.90. The number of likely N-dealkylation sites (tertiary alicyclic amines) is 1. The molecule has 0 radical (unpaired) electrons. The molecule has 6 heterocycles. The Balaban J connectivity index is 1.25. The molecule has 0 spiro atoms. The lowest BCUT2D eigenvalue weighted by Crippen LogP contribution is -2.24. The first-order chi connectivity index (χ1) is 18.9. The predicted octanol–water partition coefficient (Wildman–Crippen LogP) is 6.21. The van der Waals surface area contributed by atoms with Crippen LogP contribution in [0, 0.1) is 5.82 Å². The van der Waals surface area contributed by atoms with Gasteiger partial charge in [0.1, 0.15) is 5.82 Å². The standard InChI is InChI=1S/C29H22F3N7/c30-24-4-2-1-3-20(24)23-13-34-14-26-21(23)9-25(36-26)27-22-8-19(12-35-28(22)38-37-27)18-7-17(10-33-11-18)15-39-6-5-29(31,32)16-39/h1-4,7-14,36H,5-6,15-16H2,(H,35,37,38). The molecular formula is C29H22F3N7. The number of nitrogens with one attached hydrogen (secondary N) is 2. The van der Waals surface area contributed by atoms with Gasteiger partial charge in [0.2, 0.25) is 0 Å². The third-order valence-electron chi connectivity index (χ3n) is 7.17. The maximum Gasteiger partial charge on any atom is 0.261 e. The zero-order valence-electron chi connectivity index (χ0n) is 20.6. The summed E-state index contributed by atoms with van der Waals surface area (Å²) in [4.78, 5) is 18.3. The molecule has 2 N–H and O–H groups in total. The maximum atomic E-state index is 14.6. The summed E-state index contributed by atoms with van der Waals surface area (Å²) in [5, 5.41) is 9.08. The first-order valence-corrected chi connectivity index (χ1v) is 12.5. The first kappa shape index (κ1) is 23.5. The van der Waals surface area contributed by atoms with E-state index in [4.69, 9.17) is 0 Å². The Hall–Kier alpha value is -4.57. The van der Waals surface area contributed by atoms with Gasteiger partial charge < -0.3 is 4.98 Å². The highest BCUT2D eigenvalue weighted by molar-refractivity contribution is 6.00. The molecule has 6 aromatic rings. The SMILES string of the molecule is Fc1ccccc1-c1cncc2[nH]c(-c3[nH]nc4ncc(-c5cncc(CN6CCC(F)(F)C6)c5)cc34)cc12. The summed E-state index contributed by atoms with van der Waals surface area (Å²) >= 11 is 0. The molecular weight excluding hydrogens is 503 g/mol. The van der Waals surface area contributed by atoms with Gasteiger partial charge in [0.05, 0.1) is 29.6 Å². The average molecular weight is 526 g/mol. The number of nitrogens with zero attached hydrogens (tertiary/aromatic N) is 5. The molecule has 39 heavy (non-hydrogen) atoms. The van der Waals surface area contributed by atoms with Crippen LogP contribution in [0.2, 0.25) is 0 Å². The molecule has 0 amide bonds. The molecule has 0 unspecified atom stereocenters. The molecule has 7 rings (SSSR count). The van der Waals surface area contributed by atoms with Crippen molar-refractivity contribution < 1.29 is 13.2 Å². The minimum Gasteiger partial charge on any atom is -0.352 e. The second-order valence-electron chi connectivity index (χ2n) is 9.90. The van der Waals surface area contributed by atoms with Crippen molar-refractivity contribution in [3.05, 3.63) is 84.8 Å². The molecule has 194 valence electrons. The molecule has 1 aliphatic heterocycles. The minimum atomic E-state index is -2.63. The molecule has 1 fully saturated rings. The summed E-state index contributed by atoms with van der Waals surface area (Å²) in [6.45, 7) is 0.542. The van der Waals surface area contributed by atoms with Crippen molar-refractivity contribution in [1.82, 2.24) is 35.0 Å². The molecule has 0 bridgehead atoms. The van der Waals surface area contributed by atoms with Gasteiger partial charge in [-0.25, -0.2) is 18.2 Å². The number of benzene rings is 1. The number of H-pyrrole nitrogens is 2. The molecule has 1 aromatic carbocycles. The third-order valence-corrected chi connectivity index (χ3v) is 7.17. The van der Waals surface area contributed by atoms with Crippen molar-refractivity contribution in [2.24, 2.45) is 0 Å². The number of pyridine rings is 3. The molecule has 10 heteroatoms. The van der Waals surface area contributed by atoms with Crippen molar-refractivity contribution in [1.29, 1.82) is 0 Å². The fourth-order valence-corrected chi connectivity index (χ4v) is 5.27. The van der Waals surface area contributed by atoms with E-state index in [-0.39, 0.29) is 18.8 Å². The van der Waals surface area contributed by atoms with E-state index in [1.54, 1.807) is 54.1 Å². The lowest BCUT2D eigenvalue weighted by molar-refractivity contribution is 0.0115. The van der Waals surface area contributed by atoms with Gasteiger partial charge in [-0.2, -0.15) is 5.10 Å². The lowest BCUT2D eigenvalue weighted by Gasteiger charge is -2.15. The van der Waals surface area contributed by atoms with E-state index >= 15 is 0 Å². The van der Waals surface area contributed by atoms with Gasteiger partial charge in [0, 0.05) is 77.3 Å². The molecule has 0 aliphatic carbocycles. The van der Waals surface area contributed by atoms with Crippen molar-refractivity contribution in [2.45, 2.75) is 18.9 Å². The number of hydrogen-bond donors (Lipinski definition) is 2. The average Bonchev–Trinajstić information content (AvgIpc) is 3.64. The smallest absolute Gasteiger partial charge is 0.261 e. The van der Waals surface area contributed by atoms with Gasteiger partial charge in [0.25, 0.3) is 5.92 Å². The summed E-state index contributed by atoms with van der Waals surface area (Å²) in [6, 6.07) is 12.5. The molecule has 7 nitrogen and oxygen atoms in total. The second kappa shape index (κ2) is 9.02. The van der Waals surface area contributed by atoms with Gasteiger partial charge >= 0.3 is 0 Å². The number of aromatic amines is 2. The summed E-state index contributed by atoms with van der Waals surface area (Å²) < 4.78 is 41.8. The number of alkyl halides is 2. The number of halogens is 3. The number of aromatic nitrogens is 6. The lowest BCUT2D eigenvalue weighted by atomic mass is 10.0. The summed E-state index contributed by atoms with van der Waals surface area (Å²) in [5.41, 5.74) is 6.50. The van der Waals surface area contributed by atoms with Crippen LogP contribution in [0.4, 0.5) is 13.2 Å². The zero-order chi connectivity index (χ0) is 26.6. The fourth-order valence-electron chi connectivity index (χ4n) is 5.27. The summed E-state index contributed by atoms with van der Waals surface area (Å²) in [7, 11) is 0. The van der Waals surface area contributed by atoms with Crippen molar-refractivity contribution in [2.75, 3.05) is 13.1 Å². The third kappa shape index (κ3) is 4.32. The Kier molecular flexibility index (Phi) is 5.44. The quantitative estimate of drug-likeness (QED) is 0.280. The molecule has 1 aliphatic rings. The van der Waals surface area contributed by atoms with Crippen LogP contribution >= 0.6 is 0 Å². The Labute approximate surface area is 220 Å². The van der Waals surface area contributed by atoms with Gasteiger partial charge in [-0.1, -0.05) is 18.2 Å². The molecule has 5 aromatic heterocycles. The van der Waals surface area contributed by atoms with Crippen molar-refractivity contribution in [3.63, 3.8) is 0 Å². The Bertz CT molecular complexity index is 1840. The highest BCUT2D eigenvalue weighted by Crippen LogP contribution is 2.35. The summed E-state index contributed by atoms with van der Waals surface area (Å²) in [5.74, 6) is -2.95. The first-order valence-electron chi connectivity index (χ1n) is 12.5. The van der Waals surface area contributed by atoms with Gasteiger partial charge in [-0.05, 0) is 29.8 Å².